The maximum Gasteiger partial charge on any atom is 0.432 e. The summed E-state index contributed by atoms with van der Waals surface area (Å²) in [6.07, 6.45) is -4.51. The van der Waals surface area contributed by atoms with Crippen LogP contribution in [-0.4, -0.2) is 40.7 Å². The normalized spacial score (nSPS) is 12.1. The molecule has 0 bridgehead atoms. The zero-order valence-corrected chi connectivity index (χ0v) is 15.1. The summed E-state index contributed by atoms with van der Waals surface area (Å²) in [6.45, 7) is 2.39. The van der Waals surface area contributed by atoms with Crippen LogP contribution in [0.4, 0.5) is 13.2 Å². The van der Waals surface area contributed by atoms with E-state index in [2.05, 4.69) is 0 Å². The van der Waals surface area contributed by atoms with E-state index < -0.39 is 23.5 Å². The van der Waals surface area contributed by atoms with Crippen molar-refractivity contribution >= 4 is 35.0 Å². The fourth-order valence-corrected chi connectivity index (χ4v) is 2.72. The molecule has 1 aromatic rings. The second-order valence-electron chi connectivity index (χ2n) is 5.03. The minimum absolute atomic E-state index is 0.122. The number of carbonyl (C=O) groups is 1. The molecule has 0 aliphatic heterocycles. The lowest BCUT2D eigenvalue weighted by molar-refractivity contribution is -0.127. The Labute approximate surface area is 153 Å². The van der Waals surface area contributed by atoms with Gasteiger partial charge in [0.1, 0.15) is 5.71 Å². The Morgan fingerprint density at radius 3 is 2.60 bits per heavy atom. The van der Waals surface area contributed by atoms with Crippen molar-refractivity contribution in [2.45, 2.75) is 19.6 Å². The second kappa shape index (κ2) is 9.72. The number of allylic oxidation sites excluding steroid dienone is 1. The van der Waals surface area contributed by atoms with Gasteiger partial charge in [-0.1, -0.05) is 36.7 Å². The van der Waals surface area contributed by atoms with Gasteiger partial charge in [-0.25, -0.2) is 0 Å². The lowest BCUT2D eigenvalue weighted by Gasteiger charge is -2.23. The maximum atomic E-state index is 12.5. The first kappa shape index (κ1) is 21.4. The molecule has 0 heterocycles. The quantitative estimate of drug-likeness (QED) is 0.400. The average Bonchev–Trinajstić information content (AvgIpc) is 2.54. The molecule has 0 aromatic heterocycles. The van der Waals surface area contributed by atoms with E-state index in [0.29, 0.717) is 29.0 Å². The molecule has 0 atom stereocenters. The molecule has 1 rings (SSSR count). The van der Waals surface area contributed by atoms with Gasteiger partial charge in [0.15, 0.2) is 0 Å². The van der Waals surface area contributed by atoms with Gasteiger partial charge in [-0.15, -0.1) is 0 Å². The number of nitrogens with two attached hydrogens (primary N) is 1. The van der Waals surface area contributed by atoms with E-state index in [-0.39, 0.29) is 6.54 Å². The highest BCUT2D eigenvalue weighted by atomic mass is 35.5. The highest BCUT2D eigenvalue weighted by Gasteiger charge is 2.33. The standard InChI is InChI=1S/C16H19ClF3N3OS/c1-2-25-8-7-23(10-11-5-3-4-6-12(11)17)15(24)13(21)9-14(22)16(18,19)20/h3-6,9,22H,2,7-8,10,21H2,1H3/b13-9-,22-14?. The Balaban J connectivity index is 2.98. The molecule has 4 nitrogen and oxygen atoms in total. The first-order chi connectivity index (χ1) is 11.7. The van der Waals surface area contributed by atoms with Crippen LogP contribution in [0.25, 0.3) is 0 Å². The molecule has 1 amide bonds. The number of thioether (sulfide) groups is 1. The number of hydrogen-bond donors (Lipinski definition) is 2. The first-order valence-electron chi connectivity index (χ1n) is 7.40. The number of hydrogen-bond acceptors (Lipinski definition) is 4. The number of amides is 1. The third-order valence-electron chi connectivity index (χ3n) is 3.17. The van der Waals surface area contributed by atoms with Crippen LogP contribution in [0.2, 0.25) is 5.02 Å². The molecule has 0 saturated carbocycles. The second-order valence-corrected chi connectivity index (χ2v) is 6.83. The number of benzene rings is 1. The van der Waals surface area contributed by atoms with E-state index in [1.807, 2.05) is 6.92 Å². The lowest BCUT2D eigenvalue weighted by atomic mass is 10.2. The van der Waals surface area contributed by atoms with Crippen LogP contribution in [0.15, 0.2) is 36.0 Å². The number of nitrogens with zero attached hydrogens (tertiary/aromatic N) is 1. The topological polar surface area (TPSA) is 70.2 Å². The van der Waals surface area contributed by atoms with Crippen LogP contribution >= 0.6 is 23.4 Å². The van der Waals surface area contributed by atoms with E-state index in [0.717, 1.165) is 5.75 Å². The zero-order chi connectivity index (χ0) is 19.0. The van der Waals surface area contributed by atoms with Gasteiger partial charge in [-0.05, 0) is 23.5 Å². The molecule has 0 saturated heterocycles. The SMILES string of the molecule is CCSCCN(Cc1ccccc1Cl)C(=O)/C(N)=C/C(=N)C(F)(F)F. The molecule has 0 aliphatic carbocycles. The smallest absolute Gasteiger partial charge is 0.394 e. The molecule has 138 valence electrons. The molecule has 0 radical (unpaired) electrons. The summed E-state index contributed by atoms with van der Waals surface area (Å²) in [4.78, 5) is 13.8. The third kappa shape index (κ3) is 6.99. The predicted molar refractivity (Wildman–Crippen MR) is 95.9 cm³/mol. The van der Waals surface area contributed by atoms with Crippen molar-refractivity contribution in [1.29, 1.82) is 5.41 Å². The molecule has 25 heavy (non-hydrogen) atoms. The molecular weight excluding hydrogens is 375 g/mol. The van der Waals surface area contributed by atoms with Gasteiger partial charge in [0.2, 0.25) is 0 Å². The highest BCUT2D eigenvalue weighted by molar-refractivity contribution is 7.99. The third-order valence-corrected chi connectivity index (χ3v) is 4.42. The predicted octanol–water partition coefficient (Wildman–Crippen LogP) is 3.85. The fourth-order valence-electron chi connectivity index (χ4n) is 1.89. The van der Waals surface area contributed by atoms with Crippen LogP contribution in [0.3, 0.4) is 0 Å². The number of carbonyl (C=O) groups excluding carboxylic acids is 1. The molecule has 3 N–H and O–H groups in total. The Morgan fingerprint density at radius 2 is 2.04 bits per heavy atom. The van der Waals surface area contributed by atoms with Crippen molar-refractivity contribution < 1.29 is 18.0 Å². The Kier molecular flexibility index (Phi) is 8.31. The molecule has 0 fully saturated rings. The van der Waals surface area contributed by atoms with E-state index in [1.165, 1.54) is 4.90 Å². The van der Waals surface area contributed by atoms with E-state index in [4.69, 9.17) is 22.7 Å². The summed E-state index contributed by atoms with van der Waals surface area (Å²) in [7, 11) is 0. The maximum absolute atomic E-state index is 12.5. The molecule has 0 spiro atoms. The Morgan fingerprint density at radius 1 is 1.40 bits per heavy atom. The molecule has 1 aromatic carbocycles. The highest BCUT2D eigenvalue weighted by Crippen LogP contribution is 2.20. The van der Waals surface area contributed by atoms with Crippen molar-refractivity contribution in [3.63, 3.8) is 0 Å². The van der Waals surface area contributed by atoms with Gasteiger partial charge in [-0.3, -0.25) is 10.2 Å². The first-order valence-corrected chi connectivity index (χ1v) is 8.93. The summed E-state index contributed by atoms with van der Waals surface area (Å²) in [6, 6.07) is 6.89. The Bertz CT molecular complexity index is 650. The Hall–Kier alpha value is -1.67. The van der Waals surface area contributed by atoms with Crippen LogP contribution in [0.1, 0.15) is 12.5 Å². The van der Waals surface area contributed by atoms with E-state index >= 15 is 0 Å². The fraction of sp³-hybridized carbons (Fsp3) is 0.375. The van der Waals surface area contributed by atoms with Crippen LogP contribution in [0.5, 0.6) is 0 Å². The molecule has 9 heteroatoms. The lowest BCUT2D eigenvalue weighted by Crippen LogP contribution is -2.36. The minimum Gasteiger partial charge on any atom is -0.394 e. The summed E-state index contributed by atoms with van der Waals surface area (Å²) < 4.78 is 37.4. The van der Waals surface area contributed by atoms with Gasteiger partial charge in [0.25, 0.3) is 5.91 Å². The van der Waals surface area contributed by atoms with Gasteiger partial charge in [-0.2, -0.15) is 24.9 Å². The van der Waals surface area contributed by atoms with Crippen molar-refractivity contribution in [2.75, 3.05) is 18.1 Å². The van der Waals surface area contributed by atoms with Gasteiger partial charge < -0.3 is 10.6 Å². The summed E-state index contributed by atoms with van der Waals surface area (Å²) in [5.74, 6) is 0.695. The summed E-state index contributed by atoms with van der Waals surface area (Å²) in [5, 5.41) is 7.40. The van der Waals surface area contributed by atoms with Gasteiger partial charge in [0.05, 0.1) is 5.70 Å². The molecular formula is C16H19ClF3N3OS. The van der Waals surface area contributed by atoms with Crippen LogP contribution in [0, 0.1) is 5.41 Å². The van der Waals surface area contributed by atoms with Crippen molar-refractivity contribution in [2.24, 2.45) is 5.73 Å². The molecule has 0 unspecified atom stereocenters. The van der Waals surface area contributed by atoms with Crippen LogP contribution < -0.4 is 5.73 Å². The average molecular weight is 394 g/mol. The van der Waals surface area contributed by atoms with Gasteiger partial charge in [0, 0.05) is 23.9 Å². The van der Waals surface area contributed by atoms with Crippen molar-refractivity contribution in [3.05, 3.63) is 46.6 Å². The van der Waals surface area contributed by atoms with Crippen LogP contribution in [-0.2, 0) is 11.3 Å². The summed E-state index contributed by atoms with van der Waals surface area (Å²) in [5.41, 5.74) is 3.87. The number of nitrogens with one attached hydrogen (secondary N) is 1. The summed E-state index contributed by atoms with van der Waals surface area (Å²) >= 11 is 7.68. The largest absolute Gasteiger partial charge is 0.432 e. The zero-order valence-electron chi connectivity index (χ0n) is 13.6. The molecule has 0 aliphatic rings. The van der Waals surface area contributed by atoms with E-state index in [1.54, 1.807) is 36.0 Å². The number of halogens is 4. The van der Waals surface area contributed by atoms with Crippen molar-refractivity contribution in [3.8, 4) is 0 Å². The number of alkyl halides is 3. The van der Waals surface area contributed by atoms with Gasteiger partial charge >= 0.3 is 6.18 Å². The van der Waals surface area contributed by atoms with Crippen molar-refractivity contribution in [1.82, 2.24) is 4.90 Å². The van der Waals surface area contributed by atoms with E-state index in [9.17, 15) is 18.0 Å². The monoisotopic (exact) mass is 393 g/mol. The minimum atomic E-state index is -4.85. The number of rotatable bonds is 8.